The van der Waals surface area contributed by atoms with Gasteiger partial charge in [-0.25, -0.2) is 0 Å². The van der Waals surface area contributed by atoms with E-state index in [1.54, 1.807) is 26.0 Å². The monoisotopic (exact) mass is 812 g/mol. The van der Waals surface area contributed by atoms with E-state index in [2.05, 4.69) is 20.5 Å². The Kier molecular flexibility index (Phi) is 13.2. The second-order valence-corrected chi connectivity index (χ2v) is 14.3. The van der Waals surface area contributed by atoms with Crippen molar-refractivity contribution in [3.63, 3.8) is 0 Å². The number of azo groups is 2. The first-order valence-electron chi connectivity index (χ1n) is 15.1. The van der Waals surface area contributed by atoms with Gasteiger partial charge < -0.3 is 18.2 Å². The molecule has 0 fully saturated rings. The molecule has 18 nitrogen and oxygen atoms in total. The van der Waals surface area contributed by atoms with Crippen molar-refractivity contribution in [2.45, 2.75) is 13.8 Å². The first kappa shape index (κ1) is 42.6. The van der Waals surface area contributed by atoms with Gasteiger partial charge in [-0.2, -0.15) is 0 Å². The van der Waals surface area contributed by atoms with Crippen molar-refractivity contribution in [2.24, 2.45) is 20.5 Å². The molecule has 0 spiro atoms. The molecule has 21 heteroatoms. The number of allylic oxidation sites excluding steroid dienone is 14. The second-order valence-electron chi connectivity index (χ2n) is 11.4. The fourth-order valence-corrected chi connectivity index (χ4v) is 6.05. The van der Waals surface area contributed by atoms with Crippen LogP contribution in [0, 0.1) is 34.1 Å². The van der Waals surface area contributed by atoms with E-state index >= 15 is 0 Å². The Hall–Kier alpha value is -5.16. The quantitative estimate of drug-likeness (QED) is 0.120. The maximum atomic E-state index is 12.2. The van der Waals surface area contributed by atoms with Crippen molar-refractivity contribution in [2.75, 3.05) is 0 Å². The van der Waals surface area contributed by atoms with Gasteiger partial charge in [-0.1, -0.05) is 36.4 Å². The summed E-state index contributed by atoms with van der Waals surface area (Å²) in [5.41, 5.74) is 2.03. The van der Waals surface area contributed by atoms with E-state index in [1.165, 1.54) is 72.9 Å². The van der Waals surface area contributed by atoms with Crippen LogP contribution in [0.1, 0.15) is 11.1 Å². The summed E-state index contributed by atoms with van der Waals surface area (Å²) < 4.78 is 63.3. The molecule has 0 aromatic heterocycles. The van der Waals surface area contributed by atoms with Crippen LogP contribution in [-0.4, -0.2) is 95.5 Å². The van der Waals surface area contributed by atoms with Gasteiger partial charge in [-0.05, 0) is 84.7 Å². The molecule has 2 unspecified atom stereocenters. The SMILES string of the molecule is Cc1ccc([N+](=O)[O-])c(N=NC2=C3C=CC(=S(=O)([O-])O)C=C3C=CC2=O)c1.Cc1ccc([N+](=O)[O-])c(N=NC2=C3C=CC(=S(=O)([O-])O)C=C3C=CC2=O)c1.[Ca+2]. The van der Waals surface area contributed by atoms with E-state index in [-0.39, 0.29) is 81.6 Å². The number of ketones is 2. The molecule has 55 heavy (non-hydrogen) atoms. The van der Waals surface area contributed by atoms with E-state index < -0.39 is 41.6 Å². The van der Waals surface area contributed by atoms with Crippen LogP contribution >= 0.6 is 0 Å². The van der Waals surface area contributed by atoms with Gasteiger partial charge in [0.15, 0.2) is 11.4 Å². The molecule has 0 aliphatic heterocycles. The molecular formula is C34H24CaN6O12S2. The Bertz CT molecular complexity index is 2470. The van der Waals surface area contributed by atoms with Crippen LogP contribution in [-0.2, 0) is 29.8 Å². The maximum Gasteiger partial charge on any atom is 2.00 e. The Morgan fingerprint density at radius 1 is 0.582 bits per heavy atom. The second kappa shape index (κ2) is 17.1. The minimum atomic E-state index is -4.40. The van der Waals surface area contributed by atoms with Crippen LogP contribution in [0.15, 0.2) is 151 Å². The molecule has 4 aliphatic carbocycles. The minimum absolute atomic E-state index is 0. The fraction of sp³-hybridized carbons (Fsp3) is 0.0588. The number of rotatable bonds is 6. The zero-order valence-corrected chi connectivity index (χ0v) is 32.3. The number of benzene rings is 2. The minimum Gasteiger partial charge on any atom is -0.757 e. The average Bonchev–Trinajstić information content (AvgIpc) is 3.09. The molecule has 0 saturated carbocycles. The first-order chi connectivity index (χ1) is 25.3. The molecule has 2 atom stereocenters. The number of fused-ring (bicyclic) bond motifs is 2. The zero-order chi connectivity index (χ0) is 39.5. The largest absolute Gasteiger partial charge is 2.00 e. The van der Waals surface area contributed by atoms with Gasteiger partial charge in [0.1, 0.15) is 11.4 Å². The van der Waals surface area contributed by atoms with Crippen LogP contribution in [0.3, 0.4) is 0 Å². The molecule has 0 bridgehead atoms. The Morgan fingerprint density at radius 2 is 0.945 bits per heavy atom. The van der Waals surface area contributed by atoms with Gasteiger partial charge in [0, 0.05) is 53.2 Å². The van der Waals surface area contributed by atoms with Crippen LogP contribution < -0.4 is 0 Å². The summed E-state index contributed by atoms with van der Waals surface area (Å²) in [6.45, 7) is 3.47. The summed E-state index contributed by atoms with van der Waals surface area (Å²) in [6.07, 6.45) is 12.4. The summed E-state index contributed by atoms with van der Waals surface area (Å²) in [5, 5.41) is 37.7. The van der Waals surface area contributed by atoms with Crippen LogP contribution in [0.2, 0.25) is 0 Å². The molecule has 6 rings (SSSR count). The van der Waals surface area contributed by atoms with Crippen molar-refractivity contribution in [1.82, 2.24) is 0 Å². The molecule has 276 valence electrons. The van der Waals surface area contributed by atoms with Gasteiger partial charge in [-0.15, -0.1) is 20.5 Å². The summed E-state index contributed by atoms with van der Waals surface area (Å²) in [5.74, 6) is -0.970. The number of hydrogen-bond acceptors (Lipinski definition) is 14. The molecule has 2 aromatic carbocycles. The number of nitrogens with zero attached hydrogens (tertiary/aromatic N) is 6. The third-order valence-corrected chi connectivity index (χ3v) is 9.32. The predicted molar refractivity (Wildman–Crippen MR) is 200 cm³/mol. The number of hydrogen-bond donors (Lipinski definition) is 2. The molecule has 0 heterocycles. The molecule has 4 aliphatic rings. The zero-order valence-electron chi connectivity index (χ0n) is 28.4. The van der Waals surface area contributed by atoms with E-state index in [4.69, 9.17) is 9.11 Å². The number of nitro groups is 2. The molecule has 0 saturated heterocycles. The normalized spacial score (nSPS) is 18.2. The molecular weight excluding hydrogens is 789 g/mol. The van der Waals surface area contributed by atoms with Gasteiger partial charge in [0.2, 0.25) is 11.6 Å². The maximum absolute atomic E-state index is 12.2. The van der Waals surface area contributed by atoms with Crippen LogP contribution in [0.25, 0.3) is 0 Å². The van der Waals surface area contributed by atoms with Crippen LogP contribution in [0.4, 0.5) is 22.7 Å². The van der Waals surface area contributed by atoms with E-state index in [0.717, 1.165) is 23.3 Å². The van der Waals surface area contributed by atoms with Crippen molar-refractivity contribution in [1.29, 1.82) is 0 Å². The molecule has 2 N–H and O–H groups in total. The fourth-order valence-electron chi connectivity index (χ4n) is 5.01. The Morgan fingerprint density at radius 3 is 1.27 bits per heavy atom. The number of nitro benzene ring substituents is 2. The van der Waals surface area contributed by atoms with Gasteiger partial charge in [-0.3, -0.25) is 38.2 Å². The summed E-state index contributed by atoms with van der Waals surface area (Å²) in [4.78, 5) is 44.7. The van der Waals surface area contributed by atoms with Crippen molar-refractivity contribution in [3.8, 4) is 0 Å². The average molecular weight is 813 g/mol. The molecule has 2 aromatic rings. The van der Waals surface area contributed by atoms with Gasteiger partial charge in [0.05, 0.1) is 9.85 Å². The predicted octanol–water partition coefficient (Wildman–Crippen LogP) is 5.49. The van der Waals surface area contributed by atoms with Crippen molar-refractivity contribution >= 4 is 102 Å². The van der Waals surface area contributed by atoms with E-state index in [1.807, 2.05) is 0 Å². The summed E-state index contributed by atoms with van der Waals surface area (Å²) >= 11 is 0. The Balaban J connectivity index is 0.000000240. The first-order valence-corrected chi connectivity index (χ1v) is 18.0. The third-order valence-electron chi connectivity index (χ3n) is 7.62. The smallest absolute Gasteiger partial charge is 0.757 e. The van der Waals surface area contributed by atoms with Gasteiger partial charge in [0.25, 0.3) is 11.4 Å². The third kappa shape index (κ3) is 10.1. The molecule has 0 radical (unpaired) electrons. The van der Waals surface area contributed by atoms with E-state index in [0.29, 0.717) is 22.3 Å². The van der Waals surface area contributed by atoms with Gasteiger partial charge >= 0.3 is 37.7 Å². The molecule has 0 amide bonds. The number of carbonyl (C=O) groups is 2. The summed E-state index contributed by atoms with van der Waals surface area (Å²) in [6, 6.07) is 8.64. The standard InChI is InChI=1S/2C17H13N3O6S.Ca/c2*1-10-2-6-15(20(22)23)14(8-10)18-19-17-13-5-4-12(27(24,25)26)9-11(13)3-7-16(17)21;/h2*2-9H,1H3,(H2,24,25,26);/q;;+2/p-2. The van der Waals surface area contributed by atoms with Crippen molar-refractivity contribution in [3.05, 3.63) is 162 Å². The summed E-state index contributed by atoms with van der Waals surface area (Å²) in [7, 11) is -8.80. The van der Waals surface area contributed by atoms with Crippen LogP contribution in [0.5, 0.6) is 0 Å². The Labute approximate surface area is 342 Å². The topological polar surface area (TPSA) is 291 Å². The van der Waals surface area contributed by atoms with Crippen molar-refractivity contribution < 1.29 is 46.1 Å². The number of aryl methyl sites for hydroxylation is 2. The number of carbonyl (C=O) groups excluding carboxylic acids is 2. The van der Waals surface area contributed by atoms with E-state index in [9.17, 15) is 47.3 Å².